The van der Waals surface area contributed by atoms with Gasteiger partial charge in [0.2, 0.25) is 5.76 Å². The van der Waals surface area contributed by atoms with Crippen molar-refractivity contribution in [3.8, 4) is 5.75 Å². The molecule has 27 heavy (non-hydrogen) atoms. The Bertz CT molecular complexity index is 1130. The van der Waals surface area contributed by atoms with Gasteiger partial charge in [0.25, 0.3) is 5.91 Å². The Balaban J connectivity index is 2.03. The molecule has 1 aliphatic heterocycles. The maximum absolute atomic E-state index is 13.4. The largest absolute Gasteiger partial charge is 0.497 e. The van der Waals surface area contributed by atoms with Crippen LogP contribution in [0.5, 0.6) is 5.75 Å². The quantitative estimate of drug-likeness (QED) is 0.706. The molecular formula is C22H21NO4. The number of nitrogens with zero attached hydrogens (tertiary/aromatic N) is 1. The van der Waals surface area contributed by atoms with Crippen LogP contribution in [0.2, 0.25) is 0 Å². The van der Waals surface area contributed by atoms with E-state index in [1.54, 1.807) is 12.0 Å². The molecule has 1 unspecified atom stereocenters. The number of methoxy groups -OCH3 is 1. The van der Waals surface area contributed by atoms with Crippen LogP contribution in [-0.4, -0.2) is 24.5 Å². The van der Waals surface area contributed by atoms with E-state index in [1.165, 1.54) is 0 Å². The van der Waals surface area contributed by atoms with E-state index in [2.05, 4.69) is 0 Å². The van der Waals surface area contributed by atoms with Gasteiger partial charge in [-0.05, 0) is 61.7 Å². The van der Waals surface area contributed by atoms with Crippen molar-refractivity contribution < 1.29 is 13.9 Å². The Hall–Kier alpha value is -3.08. The van der Waals surface area contributed by atoms with Crippen LogP contribution in [0.25, 0.3) is 11.0 Å². The van der Waals surface area contributed by atoms with E-state index >= 15 is 0 Å². The number of hydrogen-bond donors (Lipinski definition) is 0. The Morgan fingerprint density at radius 1 is 1.11 bits per heavy atom. The number of hydrogen-bond acceptors (Lipinski definition) is 4. The van der Waals surface area contributed by atoms with Crippen molar-refractivity contribution in [1.82, 2.24) is 4.90 Å². The molecule has 4 rings (SSSR count). The van der Waals surface area contributed by atoms with Crippen molar-refractivity contribution in [2.24, 2.45) is 0 Å². The highest BCUT2D eigenvalue weighted by Gasteiger charge is 2.42. The lowest BCUT2D eigenvalue weighted by atomic mass is 9.97. The summed E-state index contributed by atoms with van der Waals surface area (Å²) in [6, 6.07) is 10.7. The van der Waals surface area contributed by atoms with Gasteiger partial charge in [-0.2, -0.15) is 0 Å². The SMILES string of the molecule is CCN1C(=O)c2oc3cc(C)c(C)cc3c(=O)c2C1c1cccc(OC)c1. The maximum atomic E-state index is 13.4. The first-order chi connectivity index (χ1) is 13.0. The highest BCUT2D eigenvalue weighted by Crippen LogP contribution is 2.38. The van der Waals surface area contributed by atoms with Gasteiger partial charge in [-0.3, -0.25) is 9.59 Å². The summed E-state index contributed by atoms with van der Waals surface area (Å²) in [7, 11) is 1.59. The molecule has 5 heteroatoms. The topological polar surface area (TPSA) is 59.8 Å². The number of amides is 1. The molecule has 5 nitrogen and oxygen atoms in total. The fourth-order valence-corrected chi connectivity index (χ4v) is 3.76. The zero-order valence-electron chi connectivity index (χ0n) is 15.8. The van der Waals surface area contributed by atoms with E-state index in [4.69, 9.17) is 9.15 Å². The summed E-state index contributed by atoms with van der Waals surface area (Å²) >= 11 is 0. The Morgan fingerprint density at radius 2 is 1.85 bits per heavy atom. The Labute approximate surface area is 157 Å². The number of carbonyl (C=O) groups is 1. The molecule has 0 saturated heterocycles. The highest BCUT2D eigenvalue weighted by atomic mass is 16.5. The summed E-state index contributed by atoms with van der Waals surface area (Å²) in [6.07, 6.45) is 0. The monoisotopic (exact) mass is 363 g/mol. The summed E-state index contributed by atoms with van der Waals surface area (Å²) < 4.78 is 11.3. The minimum Gasteiger partial charge on any atom is -0.497 e. The number of fused-ring (bicyclic) bond motifs is 2. The van der Waals surface area contributed by atoms with E-state index in [1.807, 2.05) is 57.2 Å². The lowest BCUT2D eigenvalue weighted by Gasteiger charge is -2.23. The number of rotatable bonds is 3. The van der Waals surface area contributed by atoms with Crippen molar-refractivity contribution in [3.05, 3.63) is 74.6 Å². The van der Waals surface area contributed by atoms with Gasteiger partial charge in [0.1, 0.15) is 11.3 Å². The average molecular weight is 363 g/mol. The smallest absolute Gasteiger partial charge is 0.290 e. The molecule has 0 N–H and O–H groups in total. The fraction of sp³-hybridized carbons (Fsp3) is 0.273. The van der Waals surface area contributed by atoms with Gasteiger partial charge in [0, 0.05) is 6.54 Å². The number of benzene rings is 2. The third-order valence-electron chi connectivity index (χ3n) is 5.33. The predicted molar refractivity (Wildman–Crippen MR) is 104 cm³/mol. The van der Waals surface area contributed by atoms with Crippen LogP contribution in [0.1, 0.15) is 45.8 Å². The molecule has 2 heterocycles. The van der Waals surface area contributed by atoms with Crippen molar-refractivity contribution in [3.63, 3.8) is 0 Å². The summed E-state index contributed by atoms with van der Waals surface area (Å²) in [6.45, 7) is 6.29. The molecule has 0 saturated carbocycles. The second-order valence-electron chi connectivity index (χ2n) is 6.88. The third-order valence-corrected chi connectivity index (χ3v) is 5.33. The van der Waals surface area contributed by atoms with Gasteiger partial charge in [0.15, 0.2) is 5.43 Å². The van der Waals surface area contributed by atoms with Gasteiger partial charge in [-0.25, -0.2) is 0 Å². The van der Waals surface area contributed by atoms with E-state index < -0.39 is 6.04 Å². The number of carbonyl (C=O) groups excluding carboxylic acids is 1. The minimum atomic E-state index is -0.477. The summed E-state index contributed by atoms with van der Waals surface area (Å²) in [4.78, 5) is 28.0. The second-order valence-corrected chi connectivity index (χ2v) is 6.88. The molecule has 1 amide bonds. The van der Waals surface area contributed by atoms with Gasteiger partial charge >= 0.3 is 0 Å². The molecule has 1 aliphatic rings. The standard InChI is InChI=1S/C22H21NO4/c1-5-23-19(14-7-6-8-15(11-14)26-4)18-20(24)16-9-12(2)13(3)10-17(16)27-21(18)22(23)25/h6-11,19H,5H2,1-4H3. The van der Waals surface area contributed by atoms with Crippen LogP contribution in [0.4, 0.5) is 0 Å². The Morgan fingerprint density at radius 3 is 2.56 bits per heavy atom. The van der Waals surface area contributed by atoms with Crippen LogP contribution in [0, 0.1) is 13.8 Å². The highest BCUT2D eigenvalue weighted by molar-refractivity contribution is 5.99. The van der Waals surface area contributed by atoms with Crippen molar-refractivity contribution in [2.75, 3.05) is 13.7 Å². The molecule has 2 aromatic carbocycles. The van der Waals surface area contributed by atoms with Crippen LogP contribution in [0.15, 0.2) is 45.6 Å². The van der Waals surface area contributed by atoms with Gasteiger partial charge in [-0.15, -0.1) is 0 Å². The molecule has 0 spiro atoms. The molecule has 1 atom stereocenters. The third kappa shape index (κ3) is 2.53. The molecule has 1 aromatic heterocycles. The zero-order valence-corrected chi connectivity index (χ0v) is 15.8. The summed E-state index contributed by atoms with van der Waals surface area (Å²) in [5, 5.41) is 0.510. The molecule has 0 radical (unpaired) electrons. The molecule has 3 aromatic rings. The van der Waals surface area contributed by atoms with Gasteiger partial charge in [-0.1, -0.05) is 12.1 Å². The fourth-order valence-electron chi connectivity index (χ4n) is 3.76. The van der Waals surface area contributed by atoms with E-state index in [-0.39, 0.29) is 17.1 Å². The summed E-state index contributed by atoms with van der Waals surface area (Å²) in [5.74, 6) is 0.573. The lowest BCUT2D eigenvalue weighted by molar-refractivity contribution is 0.0737. The van der Waals surface area contributed by atoms with Crippen LogP contribution >= 0.6 is 0 Å². The van der Waals surface area contributed by atoms with Crippen molar-refractivity contribution >= 4 is 16.9 Å². The molecular weight excluding hydrogens is 342 g/mol. The predicted octanol–water partition coefficient (Wildman–Crippen LogP) is 3.98. The first-order valence-electron chi connectivity index (χ1n) is 8.99. The van der Waals surface area contributed by atoms with E-state index in [0.717, 1.165) is 16.7 Å². The lowest BCUT2D eigenvalue weighted by Crippen LogP contribution is -2.29. The van der Waals surface area contributed by atoms with Crippen LogP contribution in [0.3, 0.4) is 0 Å². The summed E-state index contributed by atoms with van der Waals surface area (Å²) in [5.41, 5.74) is 3.59. The average Bonchev–Trinajstić information content (AvgIpc) is 2.96. The maximum Gasteiger partial charge on any atom is 0.290 e. The molecule has 0 fully saturated rings. The number of ether oxygens (including phenoxy) is 1. The van der Waals surface area contributed by atoms with Crippen LogP contribution in [-0.2, 0) is 0 Å². The van der Waals surface area contributed by atoms with Crippen molar-refractivity contribution in [1.29, 1.82) is 0 Å². The normalized spacial score (nSPS) is 16.1. The second kappa shape index (κ2) is 6.27. The van der Waals surface area contributed by atoms with E-state index in [9.17, 15) is 9.59 Å². The van der Waals surface area contributed by atoms with Gasteiger partial charge in [0.05, 0.1) is 24.1 Å². The van der Waals surface area contributed by atoms with E-state index in [0.29, 0.717) is 28.8 Å². The van der Waals surface area contributed by atoms with Gasteiger partial charge < -0.3 is 14.1 Å². The molecule has 0 bridgehead atoms. The minimum absolute atomic E-state index is 0.144. The molecule has 138 valence electrons. The van der Waals surface area contributed by atoms with Crippen LogP contribution < -0.4 is 10.2 Å². The first kappa shape index (κ1) is 17.3. The van der Waals surface area contributed by atoms with Crippen molar-refractivity contribution in [2.45, 2.75) is 26.8 Å². The molecule has 0 aliphatic carbocycles. The zero-order chi connectivity index (χ0) is 19.3. The Kier molecular flexibility index (Phi) is 4.02. The number of aryl methyl sites for hydroxylation is 2. The first-order valence-corrected chi connectivity index (χ1v) is 8.99.